The van der Waals surface area contributed by atoms with Gasteiger partial charge in [0.05, 0.1) is 35.4 Å². The Morgan fingerprint density at radius 3 is 2.54 bits per heavy atom. The van der Waals surface area contributed by atoms with Gasteiger partial charge in [-0.1, -0.05) is 29.8 Å². The van der Waals surface area contributed by atoms with Crippen molar-refractivity contribution in [1.82, 2.24) is 4.98 Å². The third-order valence-electron chi connectivity index (χ3n) is 5.39. The van der Waals surface area contributed by atoms with Crippen molar-refractivity contribution in [1.29, 1.82) is 0 Å². The Hall–Kier alpha value is -3.18. The van der Waals surface area contributed by atoms with Crippen LogP contribution in [0, 0.1) is 11.6 Å². The maximum atomic E-state index is 15.2. The van der Waals surface area contributed by atoms with E-state index in [4.69, 9.17) is 16.7 Å². The van der Waals surface area contributed by atoms with E-state index in [9.17, 15) is 22.7 Å². The maximum Gasteiger partial charge on any atom is 0.235 e. The molecular formula is C24H19ClF2N2O5S. The Balaban J connectivity index is 1.68. The number of fused-ring (bicyclic) bond motifs is 1. The van der Waals surface area contributed by atoms with Gasteiger partial charge in [-0.15, -0.1) is 0 Å². The monoisotopic (exact) mass is 520 g/mol. The Morgan fingerprint density at radius 2 is 1.86 bits per heavy atom. The molecule has 1 unspecified atom stereocenters. The first kappa shape index (κ1) is 24.9. The summed E-state index contributed by atoms with van der Waals surface area (Å²) in [5, 5.41) is 18.8. The summed E-state index contributed by atoms with van der Waals surface area (Å²) < 4.78 is 56.0. The largest absolute Gasteiger partial charge is 0.394 e. The van der Waals surface area contributed by atoms with Crippen molar-refractivity contribution in [3.63, 3.8) is 0 Å². The third-order valence-corrected chi connectivity index (χ3v) is 6.99. The Kier molecular flexibility index (Phi) is 7.00. The lowest BCUT2D eigenvalue weighted by atomic mass is 9.96. The number of carbonyl (C=O) groups is 1. The summed E-state index contributed by atoms with van der Waals surface area (Å²) in [7, 11) is -4.30. The minimum Gasteiger partial charge on any atom is -0.394 e. The standard InChI is InChI=1S/C24H19ClF2N2O5S/c25-15-3-1-13(2-4-15)14-9-18-17(5-7-20(18)28-10-14)24(32)22-19(26)6-8-21(23(22)27)29-35(33,34)12-16(31)11-30/h1-6,8-10,16,29-31H,7,11-12H2. The van der Waals surface area contributed by atoms with Crippen LogP contribution in [0.25, 0.3) is 16.7 Å². The van der Waals surface area contributed by atoms with Crippen LogP contribution in [-0.4, -0.2) is 47.9 Å². The quantitative estimate of drug-likeness (QED) is 0.391. The van der Waals surface area contributed by atoms with Gasteiger partial charge in [0.25, 0.3) is 0 Å². The van der Waals surface area contributed by atoms with Crippen molar-refractivity contribution in [2.24, 2.45) is 0 Å². The first-order chi connectivity index (χ1) is 16.6. The highest BCUT2D eigenvalue weighted by atomic mass is 35.5. The average Bonchev–Trinajstić information content (AvgIpc) is 3.24. The summed E-state index contributed by atoms with van der Waals surface area (Å²) in [6.45, 7) is -0.823. The van der Waals surface area contributed by atoms with Crippen LogP contribution in [0.2, 0.25) is 5.02 Å². The van der Waals surface area contributed by atoms with Gasteiger partial charge in [-0.2, -0.15) is 0 Å². The van der Waals surface area contributed by atoms with E-state index in [1.807, 2.05) is 4.72 Å². The molecule has 1 aliphatic rings. The molecule has 2 aromatic carbocycles. The molecule has 1 aliphatic carbocycles. The summed E-state index contributed by atoms with van der Waals surface area (Å²) >= 11 is 5.93. The lowest BCUT2D eigenvalue weighted by Gasteiger charge is -2.14. The van der Waals surface area contributed by atoms with Gasteiger partial charge >= 0.3 is 0 Å². The second kappa shape index (κ2) is 9.82. The maximum absolute atomic E-state index is 15.2. The molecule has 11 heteroatoms. The number of aliphatic hydroxyl groups excluding tert-OH is 2. The highest BCUT2D eigenvalue weighted by Crippen LogP contribution is 2.34. The van der Waals surface area contributed by atoms with Crippen molar-refractivity contribution in [2.45, 2.75) is 12.5 Å². The summed E-state index contributed by atoms with van der Waals surface area (Å²) in [6.07, 6.45) is 1.82. The molecule has 4 rings (SSSR count). The molecule has 1 heterocycles. The second-order valence-electron chi connectivity index (χ2n) is 7.88. The van der Waals surface area contributed by atoms with E-state index in [-0.39, 0.29) is 12.0 Å². The molecule has 0 spiro atoms. The molecule has 0 fully saturated rings. The Morgan fingerprint density at radius 1 is 1.14 bits per heavy atom. The van der Waals surface area contributed by atoms with Crippen molar-refractivity contribution < 1.29 is 32.2 Å². The van der Waals surface area contributed by atoms with Gasteiger partial charge in [0.15, 0.2) is 11.6 Å². The Bertz CT molecular complexity index is 1440. The van der Waals surface area contributed by atoms with E-state index < -0.39 is 57.2 Å². The number of aromatic nitrogens is 1. The van der Waals surface area contributed by atoms with E-state index in [1.54, 1.807) is 36.5 Å². The van der Waals surface area contributed by atoms with Crippen LogP contribution < -0.4 is 4.72 Å². The minimum atomic E-state index is -4.30. The van der Waals surface area contributed by atoms with Crippen LogP contribution in [0.4, 0.5) is 14.5 Å². The zero-order valence-corrected chi connectivity index (χ0v) is 19.6. The fourth-order valence-electron chi connectivity index (χ4n) is 3.70. The smallest absolute Gasteiger partial charge is 0.235 e. The molecule has 0 saturated heterocycles. The lowest BCUT2D eigenvalue weighted by Crippen LogP contribution is -2.29. The number of sulfonamides is 1. The number of hydrogen-bond donors (Lipinski definition) is 3. The second-order valence-corrected chi connectivity index (χ2v) is 10.1. The molecular weight excluding hydrogens is 502 g/mol. The number of hydrogen-bond acceptors (Lipinski definition) is 6. The summed E-state index contributed by atoms with van der Waals surface area (Å²) in [5.41, 5.74) is 0.876. The average molecular weight is 521 g/mol. The fraction of sp³-hybridized carbons (Fsp3) is 0.167. The minimum absolute atomic E-state index is 0.0387. The van der Waals surface area contributed by atoms with Crippen LogP contribution in [0.1, 0.15) is 21.6 Å². The van der Waals surface area contributed by atoms with Crippen LogP contribution in [-0.2, 0) is 16.4 Å². The number of allylic oxidation sites excluding steroid dienone is 2. The van der Waals surface area contributed by atoms with Crippen molar-refractivity contribution in [3.05, 3.63) is 88.2 Å². The summed E-state index contributed by atoms with van der Waals surface area (Å²) in [6, 6.07) is 10.2. The molecule has 0 amide bonds. The predicted molar refractivity (Wildman–Crippen MR) is 128 cm³/mol. The van der Waals surface area contributed by atoms with E-state index in [1.165, 1.54) is 6.08 Å². The topological polar surface area (TPSA) is 117 Å². The van der Waals surface area contributed by atoms with Crippen LogP contribution in [0.3, 0.4) is 0 Å². The number of carbonyl (C=O) groups excluding carboxylic acids is 1. The molecule has 0 radical (unpaired) electrons. The number of halogens is 3. The number of nitrogens with one attached hydrogen (secondary N) is 1. The highest BCUT2D eigenvalue weighted by Gasteiger charge is 2.29. The molecule has 3 aromatic rings. The number of aliphatic hydroxyl groups is 2. The van der Waals surface area contributed by atoms with Crippen LogP contribution >= 0.6 is 11.6 Å². The van der Waals surface area contributed by atoms with E-state index in [0.717, 1.165) is 17.7 Å². The van der Waals surface area contributed by atoms with Gasteiger partial charge in [0.2, 0.25) is 10.0 Å². The molecule has 35 heavy (non-hydrogen) atoms. The van der Waals surface area contributed by atoms with Gasteiger partial charge in [-0.05, 0) is 35.9 Å². The van der Waals surface area contributed by atoms with Gasteiger partial charge in [-0.25, -0.2) is 17.2 Å². The number of benzene rings is 2. The third kappa shape index (κ3) is 5.25. The Labute approximate surface area is 204 Å². The molecule has 1 atom stereocenters. The van der Waals surface area contributed by atoms with E-state index >= 15 is 4.39 Å². The zero-order chi connectivity index (χ0) is 25.3. The molecule has 0 aliphatic heterocycles. The number of nitrogens with zero attached hydrogens (tertiary/aromatic N) is 1. The number of rotatable bonds is 8. The highest BCUT2D eigenvalue weighted by molar-refractivity contribution is 7.92. The number of ketones is 1. The SMILES string of the molecule is O=C(C1=CCc2ncc(-c3ccc(Cl)cc3)cc21)c1c(F)ccc(NS(=O)(=O)CC(O)CO)c1F. The van der Waals surface area contributed by atoms with Crippen molar-refractivity contribution in [2.75, 3.05) is 17.1 Å². The van der Waals surface area contributed by atoms with Gasteiger partial charge in [0.1, 0.15) is 5.82 Å². The van der Waals surface area contributed by atoms with Gasteiger partial charge in [0, 0.05) is 34.3 Å². The first-order valence-corrected chi connectivity index (χ1v) is 12.4. The molecule has 3 N–H and O–H groups in total. The van der Waals surface area contributed by atoms with Crippen LogP contribution in [0.15, 0.2) is 54.7 Å². The normalized spacial score (nSPS) is 13.8. The molecule has 1 aromatic heterocycles. The van der Waals surface area contributed by atoms with Gasteiger partial charge in [-0.3, -0.25) is 14.5 Å². The van der Waals surface area contributed by atoms with Crippen molar-refractivity contribution >= 4 is 38.7 Å². The van der Waals surface area contributed by atoms with Gasteiger partial charge < -0.3 is 10.2 Å². The zero-order valence-electron chi connectivity index (χ0n) is 18.0. The van der Waals surface area contributed by atoms with Crippen molar-refractivity contribution in [3.8, 4) is 11.1 Å². The number of anilines is 1. The number of pyridine rings is 1. The summed E-state index contributed by atoms with van der Waals surface area (Å²) in [4.78, 5) is 17.6. The molecule has 0 saturated carbocycles. The predicted octanol–water partition coefficient (Wildman–Crippen LogP) is 3.60. The molecule has 0 bridgehead atoms. The van der Waals surface area contributed by atoms with E-state index in [0.29, 0.717) is 21.8 Å². The molecule has 7 nitrogen and oxygen atoms in total. The number of Topliss-reactive ketones (excluding diaryl/α,β-unsaturated/α-hetero) is 1. The summed E-state index contributed by atoms with van der Waals surface area (Å²) in [5.74, 6) is -4.44. The fourth-order valence-corrected chi connectivity index (χ4v) is 5.02. The molecule has 182 valence electrons. The lowest BCUT2D eigenvalue weighted by molar-refractivity contribution is 0.104. The van der Waals surface area contributed by atoms with E-state index in [2.05, 4.69) is 4.98 Å². The first-order valence-electron chi connectivity index (χ1n) is 10.4. The van der Waals surface area contributed by atoms with Crippen LogP contribution in [0.5, 0.6) is 0 Å².